The van der Waals surface area contributed by atoms with Crippen molar-refractivity contribution >= 4 is 5.97 Å². The molecule has 1 aliphatic rings. The summed E-state index contributed by atoms with van der Waals surface area (Å²) in [5.74, 6) is -0.326. The van der Waals surface area contributed by atoms with E-state index >= 15 is 0 Å². The van der Waals surface area contributed by atoms with E-state index in [1.807, 2.05) is 26.0 Å². The number of rotatable bonds is 7. The summed E-state index contributed by atoms with van der Waals surface area (Å²) < 4.78 is 11.9. The molecule has 0 aromatic rings. The van der Waals surface area contributed by atoms with Crippen LogP contribution in [0, 0.1) is 11.3 Å². The first kappa shape index (κ1) is 19.2. The van der Waals surface area contributed by atoms with Gasteiger partial charge in [-0.3, -0.25) is 4.79 Å². The Morgan fingerprint density at radius 1 is 1.23 bits per heavy atom. The summed E-state index contributed by atoms with van der Waals surface area (Å²) in [6.45, 7) is 10.4. The van der Waals surface area contributed by atoms with Crippen molar-refractivity contribution in [1.82, 2.24) is 0 Å². The maximum Gasteiger partial charge on any atom is 0.315 e. The van der Waals surface area contributed by atoms with Crippen LogP contribution in [0.3, 0.4) is 0 Å². The molecule has 0 heterocycles. The van der Waals surface area contributed by atoms with E-state index < -0.39 is 6.29 Å². The third-order valence-electron chi connectivity index (χ3n) is 4.09. The first-order valence-corrected chi connectivity index (χ1v) is 8.84. The summed E-state index contributed by atoms with van der Waals surface area (Å²) in [7, 11) is 0. The van der Waals surface area contributed by atoms with Gasteiger partial charge in [-0.15, -0.1) is 0 Å². The molecule has 3 nitrogen and oxygen atoms in total. The second-order valence-electron chi connectivity index (χ2n) is 7.57. The van der Waals surface area contributed by atoms with Gasteiger partial charge in [0, 0.05) is 6.42 Å². The molecule has 0 N–H and O–H groups in total. The minimum atomic E-state index is -0.421. The Hall–Kier alpha value is -0.830. The van der Waals surface area contributed by atoms with Crippen LogP contribution in [0.25, 0.3) is 0 Å². The minimum Gasteiger partial charge on any atom is -0.435 e. The lowest BCUT2D eigenvalue weighted by Crippen LogP contribution is -2.33. The van der Waals surface area contributed by atoms with Crippen molar-refractivity contribution in [3.05, 3.63) is 12.2 Å². The molecule has 1 saturated carbocycles. The highest BCUT2D eigenvalue weighted by molar-refractivity contribution is 5.74. The fraction of sp³-hybridized carbons (Fsp3) is 0.842. The number of esters is 1. The summed E-state index contributed by atoms with van der Waals surface area (Å²) in [6, 6.07) is 0. The molecule has 128 valence electrons. The molecule has 0 saturated heterocycles. The van der Waals surface area contributed by atoms with E-state index in [-0.39, 0.29) is 23.4 Å². The topological polar surface area (TPSA) is 35.5 Å². The maximum atomic E-state index is 12.3. The highest BCUT2D eigenvalue weighted by Gasteiger charge is 2.28. The van der Waals surface area contributed by atoms with E-state index in [4.69, 9.17) is 9.47 Å². The van der Waals surface area contributed by atoms with Gasteiger partial charge in [0.15, 0.2) is 0 Å². The van der Waals surface area contributed by atoms with Crippen molar-refractivity contribution < 1.29 is 14.3 Å². The van der Waals surface area contributed by atoms with Gasteiger partial charge in [-0.2, -0.15) is 0 Å². The first-order valence-electron chi connectivity index (χ1n) is 8.84. The molecule has 22 heavy (non-hydrogen) atoms. The second kappa shape index (κ2) is 9.34. The lowest BCUT2D eigenvalue weighted by molar-refractivity contribution is -0.202. The molecule has 0 radical (unpaired) electrons. The molecule has 0 amide bonds. The van der Waals surface area contributed by atoms with E-state index in [9.17, 15) is 4.79 Å². The van der Waals surface area contributed by atoms with Crippen LogP contribution in [0.2, 0.25) is 0 Å². The second-order valence-corrected chi connectivity index (χ2v) is 7.57. The van der Waals surface area contributed by atoms with E-state index in [0.717, 1.165) is 25.7 Å². The molecule has 1 rings (SSSR count). The van der Waals surface area contributed by atoms with Crippen molar-refractivity contribution in [2.45, 2.75) is 92.0 Å². The summed E-state index contributed by atoms with van der Waals surface area (Å²) in [5.41, 5.74) is 0.0713. The van der Waals surface area contributed by atoms with Gasteiger partial charge in [-0.1, -0.05) is 59.1 Å². The van der Waals surface area contributed by atoms with Crippen LogP contribution < -0.4 is 0 Å². The Kier molecular flexibility index (Phi) is 8.16. The highest BCUT2D eigenvalue weighted by atomic mass is 16.7. The lowest BCUT2D eigenvalue weighted by atomic mass is 9.91. The van der Waals surface area contributed by atoms with Gasteiger partial charge < -0.3 is 9.47 Å². The Morgan fingerprint density at radius 3 is 2.36 bits per heavy atom. The first-order chi connectivity index (χ1) is 10.4. The molecule has 1 fully saturated rings. The number of ether oxygens (including phenoxy) is 2. The quantitative estimate of drug-likeness (QED) is 0.366. The molecule has 2 unspecified atom stereocenters. The molecule has 2 atom stereocenters. The highest BCUT2D eigenvalue weighted by Crippen LogP contribution is 2.28. The lowest BCUT2D eigenvalue weighted by Gasteiger charge is -2.31. The van der Waals surface area contributed by atoms with Crippen molar-refractivity contribution in [2.75, 3.05) is 0 Å². The molecule has 0 aromatic carbocycles. The van der Waals surface area contributed by atoms with Crippen molar-refractivity contribution in [2.24, 2.45) is 11.3 Å². The Morgan fingerprint density at radius 2 is 1.86 bits per heavy atom. The smallest absolute Gasteiger partial charge is 0.315 e. The zero-order valence-electron chi connectivity index (χ0n) is 15.1. The molecule has 0 spiro atoms. The van der Waals surface area contributed by atoms with Crippen molar-refractivity contribution in [3.8, 4) is 0 Å². The summed E-state index contributed by atoms with van der Waals surface area (Å²) in [5, 5.41) is 0. The average Bonchev–Trinajstić information content (AvgIpc) is 2.43. The van der Waals surface area contributed by atoms with Crippen LogP contribution in [0.1, 0.15) is 79.6 Å². The molecule has 1 aliphatic carbocycles. The number of hydrogen-bond donors (Lipinski definition) is 0. The summed E-state index contributed by atoms with van der Waals surface area (Å²) >= 11 is 0. The fourth-order valence-electron chi connectivity index (χ4n) is 2.86. The molecular weight excluding hydrogens is 276 g/mol. The Labute approximate surface area is 136 Å². The van der Waals surface area contributed by atoms with Crippen molar-refractivity contribution in [3.63, 3.8) is 0 Å². The molecule has 0 aliphatic heterocycles. The standard InChI is InChI=1S/C19H34O3/c1-6-11-15(7-2)18(20)22-17(14-19(3,4)5)21-16-12-9-8-10-13-16/h6,11,15-17H,7-10,12-14H2,1-5H3/b11-6+. The van der Waals surface area contributed by atoms with Crippen LogP contribution in [-0.2, 0) is 14.3 Å². The van der Waals surface area contributed by atoms with E-state index in [1.54, 1.807) is 0 Å². The molecule has 0 bridgehead atoms. The molecule has 3 heteroatoms. The monoisotopic (exact) mass is 310 g/mol. The largest absolute Gasteiger partial charge is 0.435 e. The summed E-state index contributed by atoms with van der Waals surface area (Å²) in [6.07, 6.45) is 11.1. The van der Waals surface area contributed by atoms with E-state index in [2.05, 4.69) is 20.8 Å². The van der Waals surface area contributed by atoms with E-state index in [1.165, 1.54) is 19.3 Å². The Bertz CT molecular complexity index is 348. The number of carbonyl (C=O) groups is 1. The van der Waals surface area contributed by atoms with Crippen LogP contribution in [0.4, 0.5) is 0 Å². The third-order valence-corrected chi connectivity index (χ3v) is 4.09. The van der Waals surface area contributed by atoms with Gasteiger partial charge in [0.05, 0.1) is 12.0 Å². The zero-order valence-corrected chi connectivity index (χ0v) is 15.1. The number of hydrogen-bond acceptors (Lipinski definition) is 3. The summed E-state index contributed by atoms with van der Waals surface area (Å²) in [4.78, 5) is 12.3. The number of allylic oxidation sites excluding steroid dienone is 1. The Balaban J connectivity index is 2.65. The van der Waals surface area contributed by atoms with Crippen LogP contribution in [0.5, 0.6) is 0 Å². The fourth-order valence-corrected chi connectivity index (χ4v) is 2.86. The average molecular weight is 310 g/mol. The maximum absolute atomic E-state index is 12.3. The molecular formula is C19H34O3. The van der Waals surface area contributed by atoms with Gasteiger partial charge >= 0.3 is 5.97 Å². The van der Waals surface area contributed by atoms with Gasteiger partial charge in [0.25, 0.3) is 0 Å². The molecule has 0 aromatic heterocycles. The predicted molar refractivity (Wildman–Crippen MR) is 90.5 cm³/mol. The minimum absolute atomic E-state index is 0.0713. The third kappa shape index (κ3) is 7.44. The van der Waals surface area contributed by atoms with E-state index in [0.29, 0.717) is 0 Å². The number of carbonyl (C=O) groups excluding carboxylic acids is 1. The van der Waals surface area contributed by atoms with Gasteiger partial charge in [-0.05, 0) is 31.6 Å². The normalized spacial score (nSPS) is 20.0. The predicted octanol–water partition coefficient (Wildman–Crippen LogP) is 5.24. The van der Waals surface area contributed by atoms with Gasteiger partial charge in [0.1, 0.15) is 0 Å². The van der Waals surface area contributed by atoms with Crippen LogP contribution >= 0.6 is 0 Å². The SMILES string of the molecule is C/C=C/C(CC)C(=O)OC(CC(C)(C)C)OC1CCCCC1. The zero-order chi connectivity index (χ0) is 16.6. The van der Waals surface area contributed by atoms with Crippen LogP contribution in [0.15, 0.2) is 12.2 Å². The van der Waals surface area contributed by atoms with Crippen molar-refractivity contribution in [1.29, 1.82) is 0 Å². The van der Waals surface area contributed by atoms with Gasteiger partial charge in [-0.25, -0.2) is 0 Å². The van der Waals surface area contributed by atoms with Crippen LogP contribution in [-0.4, -0.2) is 18.4 Å². The van der Waals surface area contributed by atoms with Gasteiger partial charge in [0.2, 0.25) is 6.29 Å².